The smallest absolute Gasteiger partial charge is 0.0917 e. The van der Waals surface area contributed by atoms with Crippen molar-refractivity contribution in [3.05, 3.63) is 34.9 Å². The van der Waals surface area contributed by atoms with Crippen molar-refractivity contribution in [1.29, 1.82) is 0 Å². The lowest BCUT2D eigenvalue weighted by Gasteiger charge is -2.35. The molecule has 0 spiro atoms. The fourth-order valence-corrected chi connectivity index (χ4v) is 3.01. The predicted octanol–water partition coefficient (Wildman–Crippen LogP) is 2.15. The number of rotatable bonds is 4. The normalized spacial score (nSPS) is 23.5. The number of benzene rings is 1. The Labute approximate surface area is 119 Å². The number of halogens is 1. The molecule has 1 unspecified atom stereocenters. The first kappa shape index (κ1) is 13.4. The van der Waals surface area contributed by atoms with Crippen LogP contribution in [0, 0.1) is 0 Å². The van der Waals surface area contributed by atoms with E-state index in [4.69, 9.17) is 11.6 Å². The van der Waals surface area contributed by atoms with Gasteiger partial charge in [0.05, 0.1) is 6.10 Å². The van der Waals surface area contributed by atoms with Gasteiger partial charge in [0.15, 0.2) is 0 Å². The number of aliphatic hydroxyl groups is 1. The van der Waals surface area contributed by atoms with E-state index in [0.717, 1.165) is 37.8 Å². The SMILES string of the molecule is OC(CN1CCN(C2CC2)CC1)c1cccc(Cl)c1. The minimum Gasteiger partial charge on any atom is -0.387 e. The zero-order valence-electron chi connectivity index (χ0n) is 11.1. The Kier molecular flexibility index (Phi) is 4.08. The summed E-state index contributed by atoms with van der Waals surface area (Å²) in [5.41, 5.74) is 0.914. The topological polar surface area (TPSA) is 26.7 Å². The molecule has 0 aromatic heterocycles. The van der Waals surface area contributed by atoms with Crippen molar-refractivity contribution in [2.75, 3.05) is 32.7 Å². The van der Waals surface area contributed by atoms with Gasteiger partial charge in [0, 0.05) is 43.8 Å². The highest BCUT2D eigenvalue weighted by Crippen LogP contribution is 2.27. The Hall–Kier alpha value is -0.610. The third kappa shape index (κ3) is 3.48. The molecule has 1 aromatic rings. The van der Waals surface area contributed by atoms with Crippen LogP contribution in [0.1, 0.15) is 24.5 Å². The van der Waals surface area contributed by atoms with Gasteiger partial charge in [-0.25, -0.2) is 0 Å². The summed E-state index contributed by atoms with van der Waals surface area (Å²) in [6.07, 6.45) is 2.32. The van der Waals surface area contributed by atoms with Crippen LogP contribution in [-0.2, 0) is 0 Å². The average Bonchev–Trinajstić information content (AvgIpc) is 3.24. The molecule has 2 fully saturated rings. The molecule has 4 heteroatoms. The van der Waals surface area contributed by atoms with Gasteiger partial charge in [0.1, 0.15) is 0 Å². The first-order chi connectivity index (χ1) is 9.22. The molecule has 104 valence electrons. The van der Waals surface area contributed by atoms with Gasteiger partial charge in [-0.1, -0.05) is 23.7 Å². The fourth-order valence-electron chi connectivity index (χ4n) is 2.81. The molecular weight excluding hydrogens is 260 g/mol. The van der Waals surface area contributed by atoms with Crippen molar-refractivity contribution in [3.8, 4) is 0 Å². The van der Waals surface area contributed by atoms with Crippen LogP contribution in [0.15, 0.2) is 24.3 Å². The summed E-state index contributed by atoms with van der Waals surface area (Å²) in [7, 11) is 0. The largest absolute Gasteiger partial charge is 0.387 e. The molecule has 1 heterocycles. The highest BCUT2D eigenvalue weighted by atomic mass is 35.5. The highest BCUT2D eigenvalue weighted by Gasteiger charge is 2.31. The summed E-state index contributed by atoms with van der Waals surface area (Å²) in [5, 5.41) is 11.0. The molecule has 1 saturated carbocycles. The highest BCUT2D eigenvalue weighted by molar-refractivity contribution is 6.30. The third-order valence-corrected chi connectivity index (χ3v) is 4.37. The molecule has 0 radical (unpaired) electrons. The van der Waals surface area contributed by atoms with Crippen LogP contribution in [0.3, 0.4) is 0 Å². The molecule has 1 saturated heterocycles. The number of hydrogen-bond donors (Lipinski definition) is 1. The lowest BCUT2D eigenvalue weighted by Crippen LogP contribution is -2.48. The summed E-state index contributed by atoms with van der Waals surface area (Å²) in [6, 6.07) is 8.39. The predicted molar refractivity (Wildman–Crippen MR) is 77.4 cm³/mol. The molecular formula is C15H21ClN2O. The second-order valence-electron chi connectivity index (χ2n) is 5.64. The number of nitrogens with zero attached hydrogens (tertiary/aromatic N) is 2. The van der Waals surface area contributed by atoms with Crippen LogP contribution in [0.5, 0.6) is 0 Å². The summed E-state index contributed by atoms with van der Waals surface area (Å²) < 4.78 is 0. The zero-order chi connectivity index (χ0) is 13.2. The molecule has 3 nitrogen and oxygen atoms in total. The van der Waals surface area contributed by atoms with Gasteiger partial charge < -0.3 is 5.11 Å². The summed E-state index contributed by atoms with van der Waals surface area (Å²) >= 11 is 5.96. The third-order valence-electron chi connectivity index (χ3n) is 4.13. The summed E-state index contributed by atoms with van der Waals surface area (Å²) in [5.74, 6) is 0. The van der Waals surface area contributed by atoms with Gasteiger partial charge in [0.2, 0.25) is 0 Å². The Morgan fingerprint density at radius 3 is 2.58 bits per heavy atom. The number of hydrogen-bond acceptors (Lipinski definition) is 3. The van der Waals surface area contributed by atoms with Crippen LogP contribution in [0.2, 0.25) is 5.02 Å². The Balaban J connectivity index is 1.51. The monoisotopic (exact) mass is 280 g/mol. The van der Waals surface area contributed by atoms with E-state index < -0.39 is 6.10 Å². The maximum absolute atomic E-state index is 10.3. The molecule has 0 amide bonds. The van der Waals surface area contributed by atoms with Crippen molar-refractivity contribution in [1.82, 2.24) is 9.80 Å². The van der Waals surface area contributed by atoms with Gasteiger partial charge in [-0.15, -0.1) is 0 Å². The van der Waals surface area contributed by atoms with Gasteiger partial charge in [0.25, 0.3) is 0 Å². The molecule has 1 aromatic carbocycles. The quantitative estimate of drug-likeness (QED) is 0.916. The standard InChI is InChI=1S/C15H21ClN2O/c16-13-3-1-2-12(10-13)15(19)11-17-6-8-18(9-7-17)14-4-5-14/h1-3,10,14-15,19H,4-9,11H2. The second-order valence-corrected chi connectivity index (χ2v) is 6.07. The minimum absolute atomic E-state index is 0.439. The molecule has 2 aliphatic rings. The van der Waals surface area contributed by atoms with E-state index in [1.165, 1.54) is 12.8 Å². The Morgan fingerprint density at radius 2 is 1.95 bits per heavy atom. The molecule has 1 atom stereocenters. The van der Waals surface area contributed by atoms with E-state index in [1.807, 2.05) is 24.3 Å². The molecule has 19 heavy (non-hydrogen) atoms. The molecule has 1 aliphatic carbocycles. The minimum atomic E-state index is -0.439. The van der Waals surface area contributed by atoms with E-state index in [1.54, 1.807) is 0 Å². The Morgan fingerprint density at radius 1 is 1.21 bits per heavy atom. The number of β-amino-alcohol motifs (C(OH)–C–C–N with tert-alkyl or cyclic N) is 1. The van der Waals surface area contributed by atoms with Crippen molar-refractivity contribution in [2.24, 2.45) is 0 Å². The lowest BCUT2D eigenvalue weighted by molar-refractivity contribution is 0.0700. The summed E-state index contributed by atoms with van der Waals surface area (Å²) in [6.45, 7) is 5.13. The van der Waals surface area contributed by atoms with E-state index in [2.05, 4.69) is 9.80 Å². The van der Waals surface area contributed by atoms with Crippen LogP contribution < -0.4 is 0 Å². The Bertz CT molecular complexity index is 428. The first-order valence-corrected chi connectivity index (χ1v) is 7.50. The molecule has 3 rings (SSSR count). The molecule has 1 aliphatic heterocycles. The van der Waals surface area contributed by atoms with Crippen molar-refractivity contribution in [2.45, 2.75) is 25.0 Å². The number of piperazine rings is 1. The van der Waals surface area contributed by atoms with Crippen molar-refractivity contribution >= 4 is 11.6 Å². The van der Waals surface area contributed by atoms with E-state index in [0.29, 0.717) is 11.6 Å². The molecule has 1 N–H and O–H groups in total. The van der Waals surface area contributed by atoms with E-state index in [9.17, 15) is 5.11 Å². The molecule has 0 bridgehead atoms. The lowest BCUT2D eigenvalue weighted by atomic mass is 10.1. The van der Waals surface area contributed by atoms with E-state index >= 15 is 0 Å². The number of aliphatic hydroxyl groups excluding tert-OH is 1. The van der Waals surface area contributed by atoms with Crippen molar-refractivity contribution < 1.29 is 5.11 Å². The zero-order valence-corrected chi connectivity index (χ0v) is 11.9. The van der Waals surface area contributed by atoms with E-state index in [-0.39, 0.29) is 0 Å². The second kappa shape index (κ2) is 5.80. The van der Waals surface area contributed by atoms with Crippen molar-refractivity contribution in [3.63, 3.8) is 0 Å². The van der Waals surface area contributed by atoms with Gasteiger partial charge >= 0.3 is 0 Å². The van der Waals surface area contributed by atoms with Crippen LogP contribution >= 0.6 is 11.6 Å². The van der Waals surface area contributed by atoms with Gasteiger partial charge in [-0.05, 0) is 30.5 Å². The van der Waals surface area contributed by atoms with Gasteiger partial charge in [-0.2, -0.15) is 0 Å². The van der Waals surface area contributed by atoms with Crippen LogP contribution in [0.25, 0.3) is 0 Å². The average molecular weight is 281 g/mol. The summed E-state index contributed by atoms with van der Waals surface area (Å²) in [4.78, 5) is 4.94. The van der Waals surface area contributed by atoms with Gasteiger partial charge in [-0.3, -0.25) is 9.80 Å². The van der Waals surface area contributed by atoms with Crippen LogP contribution in [0.4, 0.5) is 0 Å². The first-order valence-electron chi connectivity index (χ1n) is 7.12. The maximum atomic E-state index is 10.3. The van der Waals surface area contributed by atoms with Crippen LogP contribution in [-0.4, -0.2) is 53.7 Å². The fraction of sp³-hybridized carbons (Fsp3) is 0.600. The maximum Gasteiger partial charge on any atom is 0.0917 e.